The van der Waals surface area contributed by atoms with Crippen molar-refractivity contribution in [1.82, 2.24) is 0 Å². The van der Waals surface area contributed by atoms with Gasteiger partial charge in [-0.05, 0) is 44.3 Å². The van der Waals surface area contributed by atoms with E-state index < -0.39 is 0 Å². The van der Waals surface area contributed by atoms with Gasteiger partial charge >= 0.3 is 0 Å². The molecule has 0 amide bonds. The fourth-order valence-electron chi connectivity index (χ4n) is 1.68. The van der Waals surface area contributed by atoms with Gasteiger partial charge in [0.15, 0.2) is 0 Å². The van der Waals surface area contributed by atoms with Gasteiger partial charge in [0.25, 0.3) is 0 Å². The Kier molecular flexibility index (Phi) is 6.77. The summed E-state index contributed by atoms with van der Waals surface area (Å²) in [6.07, 6.45) is 7.09. The van der Waals surface area contributed by atoms with Crippen LogP contribution in [0.1, 0.15) is 47.0 Å². The molecular weight excluding hydrogens is 180 g/mol. The zero-order chi connectivity index (χ0) is 11.8. The fraction of sp³-hybridized carbons (Fsp3) is 0.467. The molecule has 0 unspecified atom stereocenters. The highest BCUT2D eigenvalue weighted by atomic mass is 14.1. The van der Waals surface area contributed by atoms with Crippen molar-refractivity contribution < 1.29 is 0 Å². The van der Waals surface area contributed by atoms with E-state index in [-0.39, 0.29) is 0 Å². The Balaban J connectivity index is 5.35. The van der Waals surface area contributed by atoms with Gasteiger partial charge in [-0.2, -0.15) is 0 Å². The second-order valence-corrected chi connectivity index (χ2v) is 3.83. The molecule has 84 valence electrons. The Bertz CT molecular complexity index is 287. The third-order valence-electron chi connectivity index (χ3n) is 2.98. The summed E-state index contributed by atoms with van der Waals surface area (Å²) in [4.78, 5) is 0. The molecule has 0 aromatic rings. The molecule has 0 saturated heterocycles. The molecule has 0 fully saturated rings. The molecule has 0 rings (SSSR count). The molecule has 0 radical (unpaired) electrons. The van der Waals surface area contributed by atoms with Crippen molar-refractivity contribution in [1.29, 1.82) is 0 Å². The van der Waals surface area contributed by atoms with Crippen molar-refractivity contribution >= 4 is 0 Å². The van der Waals surface area contributed by atoms with Gasteiger partial charge in [-0.3, -0.25) is 0 Å². The van der Waals surface area contributed by atoms with E-state index in [4.69, 9.17) is 0 Å². The molecule has 0 aromatic heterocycles. The first kappa shape index (κ1) is 14.0. The van der Waals surface area contributed by atoms with Gasteiger partial charge in [-0.25, -0.2) is 0 Å². The Morgan fingerprint density at radius 3 is 2.00 bits per heavy atom. The lowest BCUT2D eigenvalue weighted by Gasteiger charge is -2.12. The summed E-state index contributed by atoms with van der Waals surface area (Å²) >= 11 is 0. The molecule has 0 atom stereocenters. The standard InChI is InChI=1S/C15H24/c1-7-11-14(9-3)15(10-4)13(6)12(5)8-2/h7,10H,1,4,8-9,11H2,2-3,5-6H3/b13-12+,15-14-. The maximum Gasteiger partial charge on any atom is -0.0132 e. The number of rotatable bonds is 6. The van der Waals surface area contributed by atoms with Gasteiger partial charge in [-0.1, -0.05) is 43.7 Å². The topological polar surface area (TPSA) is 0 Å². The maximum atomic E-state index is 3.92. The summed E-state index contributed by atoms with van der Waals surface area (Å²) in [6.45, 7) is 16.5. The molecule has 0 heteroatoms. The zero-order valence-corrected chi connectivity index (χ0v) is 10.7. The summed E-state index contributed by atoms with van der Waals surface area (Å²) in [5.41, 5.74) is 5.58. The zero-order valence-electron chi connectivity index (χ0n) is 10.7. The lowest BCUT2D eigenvalue weighted by molar-refractivity contribution is 0.993. The summed E-state index contributed by atoms with van der Waals surface area (Å²) in [5.74, 6) is 0. The molecule has 0 aromatic carbocycles. The van der Waals surface area contributed by atoms with Crippen molar-refractivity contribution in [2.45, 2.75) is 47.0 Å². The molecule has 15 heavy (non-hydrogen) atoms. The van der Waals surface area contributed by atoms with Crippen LogP contribution in [0.25, 0.3) is 0 Å². The summed E-state index contributed by atoms with van der Waals surface area (Å²) < 4.78 is 0. The van der Waals surface area contributed by atoms with E-state index in [0.29, 0.717) is 0 Å². The molecule has 0 aliphatic rings. The van der Waals surface area contributed by atoms with Crippen molar-refractivity contribution in [3.63, 3.8) is 0 Å². The maximum absolute atomic E-state index is 3.92. The predicted octanol–water partition coefficient (Wildman–Crippen LogP) is 5.20. The first-order valence-corrected chi connectivity index (χ1v) is 5.74. The second-order valence-electron chi connectivity index (χ2n) is 3.83. The molecular formula is C15H24. The molecule has 0 saturated carbocycles. The van der Waals surface area contributed by atoms with E-state index in [1.54, 1.807) is 0 Å². The first-order valence-electron chi connectivity index (χ1n) is 5.74. The van der Waals surface area contributed by atoms with Crippen LogP contribution in [-0.2, 0) is 0 Å². The van der Waals surface area contributed by atoms with E-state index in [9.17, 15) is 0 Å². The van der Waals surface area contributed by atoms with Gasteiger partial charge in [-0.15, -0.1) is 6.58 Å². The molecule has 0 N–H and O–H groups in total. The number of hydrogen-bond acceptors (Lipinski definition) is 0. The molecule has 0 aliphatic heterocycles. The molecule has 0 nitrogen and oxygen atoms in total. The van der Waals surface area contributed by atoms with Crippen molar-refractivity contribution in [2.24, 2.45) is 0 Å². The molecule has 0 heterocycles. The van der Waals surface area contributed by atoms with Crippen LogP contribution in [0.5, 0.6) is 0 Å². The monoisotopic (exact) mass is 204 g/mol. The highest BCUT2D eigenvalue weighted by Gasteiger charge is 2.05. The minimum atomic E-state index is 0.964. The summed E-state index contributed by atoms with van der Waals surface area (Å²) in [5, 5.41) is 0. The quantitative estimate of drug-likeness (QED) is 0.412. The highest BCUT2D eigenvalue weighted by Crippen LogP contribution is 2.24. The van der Waals surface area contributed by atoms with E-state index in [0.717, 1.165) is 19.3 Å². The van der Waals surface area contributed by atoms with Crippen LogP contribution in [0.4, 0.5) is 0 Å². The summed E-state index contributed by atoms with van der Waals surface area (Å²) in [6, 6.07) is 0. The number of allylic oxidation sites excluding steroid dienone is 6. The van der Waals surface area contributed by atoms with Crippen LogP contribution in [0.2, 0.25) is 0 Å². The van der Waals surface area contributed by atoms with Gasteiger partial charge in [0.05, 0.1) is 0 Å². The van der Waals surface area contributed by atoms with Crippen LogP contribution < -0.4 is 0 Å². The minimum absolute atomic E-state index is 0.964. The van der Waals surface area contributed by atoms with Crippen molar-refractivity contribution in [2.75, 3.05) is 0 Å². The predicted molar refractivity (Wildman–Crippen MR) is 71.0 cm³/mol. The normalized spacial score (nSPS) is 14.1. The van der Waals surface area contributed by atoms with Crippen molar-refractivity contribution in [3.8, 4) is 0 Å². The first-order chi connectivity index (χ1) is 7.12. The Hall–Kier alpha value is -1.04. The highest BCUT2D eigenvalue weighted by molar-refractivity contribution is 5.44. The average Bonchev–Trinajstić information content (AvgIpc) is 2.27. The van der Waals surface area contributed by atoms with E-state index in [2.05, 4.69) is 40.9 Å². The largest absolute Gasteiger partial charge is 0.103 e. The second kappa shape index (κ2) is 7.28. The van der Waals surface area contributed by atoms with Crippen LogP contribution in [0.15, 0.2) is 47.6 Å². The molecule has 0 aliphatic carbocycles. The Labute approximate surface area is 95.1 Å². The molecule has 0 bridgehead atoms. The van der Waals surface area contributed by atoms with Gasteiger partial charge < -0.3 is 0 Å². The third kappa shape index (κ3) is 3.91. The SMILES string of the molecule is C=CC/C(CC)=C(C=C)\C(C)=C(/C)CC. The van der Waals surface area contributed by atoms with E-state index >= 15 is 0 Å². The smallest absolute Gasteiger partial charge is 0.0132 e. The lowest BCUT2D eigenvalue weighted by atomic mass is 9.93. The minimum Gasteiger partial charge on any atom is -0.103 e. The molecule has 0 spiro atoms. The third-order valence-corrected chi connectivity index (χ3v) is 2.98. The van der Waals surface area contributed by atoms with Gasteiger partial charge in [0.2, 0.25) is 0 Å². The van der Waals surface area contributed by atoms with Crippen LogP contribution in [-0.4, -0.2) is 0 Å². The Morgan fingerprint density at radius 2 is 1.67 bits per heavy atom. The number of hydrogen-bond donors (Lipinski definition) is 0. The van der Waals surface area contributed by atoms with Crippen LogP contribution >= 0.6 is 0 Å². The van der Waals surface area contributed by atoms with Crippen molar-refractivity contribution in [3.05, 3.63) is 47.6 Å². The van der Waals surface area contributed by atoms with Crippen LogP contribution in [0, 0.1) is 0 Å². The van der Waals surface area contributed by atoms with Gasteiger partial charge in [0.1, 0.15) is 0 Å². The Morgan fingerprint density at radius 1 is 1.07 bits per heavy atom. The van der Waals surface area contributed by atoms with E-state index in [1.807, 2.05) is 12.2 Å². The fourth-order valence-corrected chi connectivity index (χ4v) is 1.68. The lowest BCUT2D eigenvalue weighted by Crippen LogP contribution is -1.93. The van der Waals surface area contributed by atoms with E-state index in [1.165, 1.54) is 22.3 Å². The summed E-state index contributed by atoms with van der Waals surface area (Å²) in [7, 11) is 0. The van der Waals surface area contributed by atoms with Gasteiger partial charge in [0, 0.05) is 0 Å². The van der Waals surface area contributed by atoms with Crippen LogP contribution in [0.3, 0.4) is 0 Å². The average molecular weight is 204 g/mol.